The Hall–Kier alpha value is -2.47. The molecule has 0 aliphatic heterocycles. The lowest BCUT2D eigenvalue weighted by Gasteiger charge is -2.09. The van der Waals surface area contributed by atoms with Gasteiger partial charge in [0.1, 0.15) is 17.3 Å². The minimum Gasteiger partial charge on any atom is -0.325 e. The Morgan fingerprint density at radius 2 is 1.80 bits per heavy atom. The second-order valence-corrected chi connectivity index (χ2v) is 4.15. The number of anilines is 1. The van der Waals surface area contributed by atoms with E-state index in [0.717, 1.165) is 17.8 Å². The van der Waals surface area contributed by atoms with Crippen molar-refractivity contribution in [2.45, 2.75) is 6.92 Å². The summed E-state index contributed by atoms with van der Waals surface area (Å²) in [4.78, 5) is 3.93. The van der Waals surface area contributed by atoms with Crippen LogP contribution < -0.4 is 16.6 Å². The maximum absolute atomic E-state index is 13.7. The molecule has 2 aromatic carbocycles. The number of hydrogen-bond donors (Lipinski definition) is 3. The highest BCUT2D eigenvalue weighted by Crippen LogP contribution is 2.21. The van der Waals surface area contributed by atoms with E-state index in [4.69, 9.17) is 5.84 Å². The zero-order valence-corrected chi connectivity index (χ0v) is 10.8. The Balaban J connectivity index is 2.29. The van der Waals surface area contributed by atoms with Crippen molar-refractivity contribution in [2.75, 3.05) is 5.32 Å². The molecule has 4 nitrogen and oxygen atoms in total. The van der Waals surface area contributed by atoms with Crippen LogP contribution in [-0.2, 0) is 0 Å². The van der Waals surface area contributed by atoms with Crippen molar-refractivity contribution in [2.24, 2.45) is 10.8 Å². The van der Waals surface area contributed by atoms with Crippen molar-refractivity contribution >= 4 is 17.3 Å². The van der Waals surface area contributed by atoms with E-state index >= 15 is 0 Å². The fourth-order valence-electron chi connectivity index (χ4n) is 1.60. The second-order valence-electron chi connectivity index (χ2n) is 4.15. The number of hydrazine groups is 1. The van der Waals surface area contributed by atoms with Crippen molar-refractivity contribution in [3.8, 4) is 0 Å². The first-order valence-corrected chi connectivity index (χ1v) is 5.93. The molecule has 0 aliphatic rings. The number of para-hydroxylation sites is 1. The van der Waals surface area contributed by atoms with E-state index < -0.39 is 11.6 Å². The van der Waals surface area contributed by atoms with Gasteiger partial charge in [-0.25, -0.2) is 19.6 Å². The number of hydrogen-bond acceptors (Lipinski definition) is 2. The first-order chi connectivity index (χ1) is 9.60. The van der Waals surface area contributed by atoms with Gasteiger partial charge in [0.15, 0.2) is 0 Å². The largest absolute Gasteiger partial charge is 0.325 e. The van der Waals surface area contributed by atoms with E-state index in [1.165, 1.54) is 6.92 Å². The van der Waals surface area contributed by atoms with Gasteiger partial charge in [-0.05, 0) is 30.7 Å². The van der Waals surface area contributed by atoms with Gasteiger partial charge in [-0.2, -0.15) is 0 Å². The topological polar surface area (TPSA) is 62.4 Å². The van der Waals surface area contributed by atoms with Crippen LogP contribution >= 0.6 is 0 Å². The number of benzene rings is 2. The number of nitrogens with one attached hydrogen (secondary N) is 2. The summed E-state index contributed by atoms with van der Waals surface area (Å²) in [5, 5.41) is 2.86. The van der Waals surface area contributed by atoms with Gasteiger partial charge in [-0.1, -0.05) is 18.2 Å². The molecule has 0 saturated carbocycles. The number of nitrogens with zero attached hydrogens (tertiary/aromatic N) is 1. The summed E-state index contributed by atoms with van der Waals surface area (Å²) < 4.78 is 27.1. The number of nitrogens with two attached hydrogens (primary N) is 1. The number of aryl methyl sites for hydroxylation is 1. The predicted octanol–water partition coefficient (Wildman–Crippen LogP) is 2.84. The van der Waals surface area contributed by atoms with E-state index in [0.29, 0.717) is 0 Å². The Kier molecular flexibility index (Phi) is 4.27. The molecule has 0 saturated heterocycles. The summed E-state index contributed by atoms with van der Waals surface area (Å²) in [5.74, 6) is 4.29. The first-order valence-electron chi connectivity index (χ1n) is 5.93. The summed E-state index contributed by atoms with van der Waals surface area (Å²) in [6.45, 7) is 1.48. The predicted molar refractivity (Wildman–Crippen MR) is 75.6 cm³/mol. The van der Waals surface area contributed by atoms with Gasteiger partial charge in [0.2, 0.25) is 5.96 Å². The highest BCUT2D eigenvalue weighted by atomic mass is 19.1. The summed E-state index contributed by atoms with van der Waals surface area (Å²) in [7, 11) is 0. The molecular weight excluding hydrogens is 262 g/mol. The number of rotatable bonds is 2. The minimum absolute atomic E-state index is 0.110. The van der Waals surface area contributed by atoms with Crippen LogP contribution in [-0.4, -0.2) is 5.96 Å². The second kappa shape index (κ2) is 6.12. The van der Waals surface area contributed by atoms with Crippen molar-refractivity contribution in [1.82, 2.24) is 5.43 Å². The lowest BCUT2D eigenvalue weighted by Crippen LogP contribution is -2.36. The summed E-state index contributed by atoms with van der Waals surface area (Å²) >= 11 is 0. The Labute approximate surface area is 115 Å². The van der Waals surface area contributed by atoms with Gasteiger partial charge in [0.05, 0.1) is 0 Å². The van der Waals surface area contributed by atoms with Crippen LogP contribution in [0.4, 0.5) is 20.2 Å². The zero-order valence-electron chi connectivity index (χ0n) is 10.8. The summed E-state index contributed by atoms with van der Waals surface area (Å²) in [6.07, 6.45) is 0. The minimum atomic E-state index is -0.619. The normalized spacial score (nSPS) is 11.3. The standard InChI is InChI=1S/C14H14F2N4/c1-9-7-12(16)13(8-11(9)15)19-14(20-17)18-10-5-3-2-4-6-10/h2-8H,17H2,1H3,(H2,18,19,20). The number of aliphatic imine (C=N–C) groups is 1. The summed E-state index contributed by atoms with van der Waals surface area (Å²) in [5.41, 5.74) is 3.12. The zero-order chi connectivity index (χ0) is 14.5. The maximum atomic E-state index is 13.7. The maximum Gasteiger partial charge on any atom is 0.215 e. The first kappa shape index (κ1) is 14.0. The number of guanidine groups is 1. The molecule has 0 radical (unpaired) electrons. The molecular formula is C14H14F2N4. The van der Waals surface area contributed by atoms with E-state index in [1.54, 1.807) is 12.1 Å². The van der Waals surface area contributed by atoms with Crippen molar-refractivity contribution < 1.29 is 8.78 Å². The van der Waals surface area contributed by atoms with Crippen LogP contribution in [0.25, 0.3) is 0 Å². The van der Waals surface area contributed by atoms with Crippen LogP contribution in [0.3, 0.4) is 0 Å². The molecule has 6 heteroatoms. The van der Waals surface area contributed by atoms with Gasteiger partial charge < -0.3 is 5.32 Å². The lowest BCUT2D eigenvalue weighted by atomic mass is 10.2. The van der Waals surface area contributed by atoms with E-state index in [2.05, 4.69) is 15.7 Å². The van der Waals surface area contributed by atoms with Crippen molar-refractivity contribution in [1.29, 1.82) is 0 Å². The van der Waals surface area contributed by atoms with Gasteiger partial charge in [-0.15, -0.1) is 0 Å². The van der Waals surface area contributed by atoms with Crippen molar-refractivity contribution in [3.63, 3.8) is 0 Å². The third kappa shape index (κ3) is 3.30. The van der Waals surface area contributed by atoms with Crippen LogP contribution in [0.5, 0.6) is 0 Å². The van der Waals surface area contributed by atoms with Crippen molar-refractivity contribution in [3.05, 3.63) is 59.7 Å². The molecule has 104 valence electrons. The average molecular weight is 276 g/mol. The van der Waals surface area contributed by atoms with Gasteiger partial charge >= 0.3 is 0 Å². The fourth-order valence-corrected chi connectivity index (χ4v) is 1.60. The number of halogens is 2. The molecule has 2 aromatic rings. The van der Waals surface area contributed by atoms with Crippen LogP contribution in [0.1, 0.15) is 5.56 Å². The molecule has 0 spiro atoms. The quantitative estimate of drug-likeness (QED) is 0.342. The molecule has 20 heavy (non-hydrogen) atoms. The van der Waals surface area contributed by atoms with E-state index in [1.807, 2.05) is 18.2 Å². The highest BCUT2D eigenvalue weighted by molar-refractivity contribution is 5.94. The summed E-state index contributed by atoms with van der Waals surface area (Å²) in [6, 6.07) is 11.2. The van der Waals surface area contributed by atoms with Crippen LogP contribution in [0, 0.1) is 18.6 Å². The molecule has 0 heterocycles. The Morgan fingerprint density at radius 3 is 2.45 bits per heavy atom. The molecule has 0 bridgehead atoms. The highest BCUT2D eigenvalue weighted by Gasteiger charge is 2.08. The Morgan fingerprint density at radius 1 is 1.10 bits per heavy atom. The van der Waals surface area contributed by atoms with Gasteiger partial charge in [0.25, 0.3) is 0 Å². The smallest absolute Gasteiger partial charge is 0.215 e. The average Bonchev–Trinajstić information content (AvgIpc) is 2.45. The lowest BCUT2D eigenvalue weighted by molar-refractivity contribution is 0.594. The fraction of sp³-hybridized carbons (Fsp3) is 0.0714. The van der Waals surface area contributed by atoms with Crippen LogP contribution in [0.15, 0.2) is 47.5 Å². The van der Waals surface area contributed by atoms with Crippen LogP contribution in [0.2, 0.25) is 0 Å². The van der Waals surface area contributed by atoms with E-state index in [9.17, 15) is 8.78 Å². The molecule has 0 unspecified atom stereocenters. The molecule has 0 atom stereocenters. The molecule has 0 aliphatic carbocycles. The van der Waals surface area contributed by atoms with Gasteiger partial charge in [0, 0.05) is 11.8 Å². The van der Waals surface area contributed by atoms with E-state index in [-0.39, 0.29) is 17.2 Å². The molecule has 0 amide bonds. The molecule has 0 aromatic heterocycles. The Bertz CT molecular complexity index is 627. The SMILES string of the molecule is Cc1cc(F)c(N=C(NN)Nc2ccccc2)cc1F. The third-order valence-electron chi connectivity index (χ3n) is 2.63. The van der Waals surface area contributed by atoms with Gasteiger partial charge in [-0.3, -0.25) is 5.43 Å². The molecule has 0 fully saturated rings. The molecule has 4 N–H and O–H groups in total. The third-order valence-corrected chi connectivity index (χ3v) is 2.63. The monoisotopic (exact) mass is 276 g/mol. The molecule has 2 rings (SSSR count).